The third-order valence-corrected chi connectivity index (χ3v) is 5.70. The minimum atomic E-state index is 0.303. The predicted molar refractivity (Wildman–Crippen MR) is 113 cm³/mol. The zero-order chi connectivity index (χ0) is 21.0. The molecule has 0 N–H and O–H groups in total. The van der Waals surface area contributed by atoms with Crippen molar-refractivity contribution in [2.45, 2.75) is 25.3 Å². The summed E-state index contributed by atoms with van der Waals surface area (Å²) in [6, 6.07) is 8.61. The molecule has 0 aromatic heterocycles. The minimum Gasteiger partial charge on any atom is -0.493 e. The quantitative estimate of drug-likeness (QED) is 0.669. The largest absolute Gasteiger partial charge is 0.493 e. The number of fused-ring (bicyclic) bond motifs is 1. The molecule has 0 fully saturated rings. The van der Waals surface area contributed by atoms with Gasteiger partial charge in [-0.25, -0.2) is 0 Å². The van der Waals surface area contributed by atoms with Crippen molar-refractivity contribution in [3.8, 4) is 28.7 Å². The highest BCUT2D eigenvalue weighted by molar-refractivity contribution is 5.54. The molecule has 1 aliphatic rings. The fraction of sp³-hybridized carbons (Fsp3) is 0.478. The summed E-state index contributed by atoms with van der Waals surface area (Å²) in [7, 11) is 10.5. The molecule has 1 atom stereocenters. The highest BCUT2D eigenvalue weighted by Crippen LogP contribution is 2.41. The van der Waals surface area contributed by atoms with Gasteiger partial charge in [0, 0.05) is 12.6 Å². The highest BCUT2D eigenvalue weighted by Gasteiger charge is 2.27. The molecular formula is C23H31NO5. The summed E-state index contributed by atoms with van der Waals surface area (Å²) in [6.45, 7) is 1.02. The summed E-state index contributed by atoms with van der Waals surface area (Å²) in [5.41, 5.74) is 3.79. The number of hydrogen-bond donors (Lipinski definition) is 0. The van der Waals surface area contributed by atoms with Crippen molar-refractivity contribution in [3.63, 3.8) is 0 Å². The predicted octanol–water partition coefficient (Wildman–Crippen LogP) is 3.89. The molecule has 2 aromatic rings. The molecule has 0 unspecified atom stereocenters. The molecule has 158 valence electrons. The average Bonchev–Trinajstić information content (AvgIpc) is 2.76. The first-order valence-electron chi connectivity index (χ1n) is 9.80. The van der Waals surface area contributed by atoms with Gasteiger partial charge in [0.25, 0.3) is 0 Å². The van der Waals surface area contributed by atoms with Gasteiger partial charge in [-0.15, -0.1) is 0 Å². The van der Waals surface area contributed by atoms with Crippen LogP contribution in [0.1, 0.15) is 29.2 Å². The van der Waals surface area contributed by atoms with Crippen LogP contribution in [0.2, 0.25) is 0 Å². The van der Waals surface area contributed by atoms with Gasteiger partial charge in [0.05, 0.1) is 35.5 Å². The molecule has 0 saturated heterocycles. The average molecular weight is 402 g/mol. The van der Waals surface area contributed by atoms with Crippen LogP contribution in [0.15, 0.2) is 24.3 Å². The van der Waals surface area contributed by atoms with Crippen molar-refractivity contribution in [3.05, 3.63) is 41.0 Å². The van der Waals surface area contributed by atoms with E-state index >= 15 is 0 Å². The first-order chi connectivity index (χ1) is 14.1. The number of methoxy groups -OCH3 is 5. The Labute approximate surface area is 173 Å². The lowest BCUT2D eigenvalue weighted by Gasteiger charge is -2.35. The maximum absolute atomic E-state index is 5.54. The van der Waals surface area contributed by atoms with Crippen LogP contribution in [0.25, 0.3) is 0 Å². The lowest BCUT2D eigenvalue weighted by Crippen LogP contribution is -2.32. The molecule has 3 rings (SSSR count). The first-order valence-corrected chi connectivity index (χ1v) is 9.80. The van der Waals surface area contributed by atoms with E-state index in [1.165, 1.54) is 11.1 Å². The number of hydrogen-bond acceptors (Lipinski definition) is 6. The highest BCUT2D eigenvalue weighted by atomic mass is 16.5. The van der Waals surface area contributed by atoms with Crippen molar-refractivity contribution in [1.82, 2.24) is 4.90 Å². The van der Waals surface area contributed by atoms with Gasteiger partial charge in [-0.3, -0.25) is 4.90 Å². The number of aryl methyl sites for hydroxylation is 1. The van der Waals surface area contributed by atoms with Gasteiger partial charge in [0.2, 0.25) is 5.75 Å². The van der Waals surface area contributed by atoms with E-state index in [0.717, 1.165) is 42.9 Å². The molecule has 6 nitrogen and oxygen atoms in total. The third-order valence-electron chi connectivity index (χ3n) is 5.70. The molecule has 6 heteroatoms. The Hall–Kier alpha value is -2.60. The lowest BCUT2D eigenvalue weighted by molar-refractivity contribution is 0.218. The maximum atomic E-state index is 5.54. The van der Waals surface area contributed by atoms with Crippen molar-refractivity contribution < 1.29 is 23.7 Å². The van der Waals surface area contributed by atoms with E-state index in [-0.39, 0.29) is 0 Å². The van der Waals surface area contributed by atoms with Gasteiger partial charge in [-0.2, -0.15) is 0 Å². The number of likely N-dealkylation sites (N-methyl/N-ethyl adjacent to an activating group) is 1. The molecule has 0 saturated carbocycles. The van der Waals surface area contributed by atoms with E-state index in [0.29, 0.717) is 23.3 Å². The normalized spacial score (nSPS) is 16.1. The molecular weight excluding hydrogens is 370 g/mol. The second kappa shape index (κ2) is 9.27. The number of rotatable bonds is 8. The number of nitrogens with zero attached hydrogens (tertiary/aromatic N) is 1. The number of ether oxygens (including phenoxy) is 5. The molecule has 29 heavy (non-hydrogen) atoms. The van der Waals surface area contributed by atoms with Gasteiger partial charge in [0.15, 0.2) is 23.0 Å². The lowest BCUT2D eigenvalue weighted by atomic mass is 9.88. The second-order valence-corrected chi connectivity index (χ2v) is 7.22. The summed E-state index contributed by atoms with van der Waals surface area (Å²) >= 11 is 0. The van der Waals surface area contributed by atoms with Gasteiger partial charge in [-0.05, 0) is 67.3 Å². The van der Waals surface area contributed by atoms with Crippen LogP contribution in [-0.4, -0.2) is 54.0 Å². The Bertz CT molecular complexity index is 826. The van der Waals surface area contributed by atoms with E-state index in [2.05, 4.69) is 24.1 Å². The molecule has 0 spiro atoms. The Morgan fingerprint density at radius 1 is 0.793 bits per heavy atom. The van der Waals surface area contributed by atoms with Crippen LogP contribution in [0, 0.1) is 0 Å². The fourth-order valence-corrected chi connectivity index (χ4v) is 4.11. The Kier molecular flexibility index (Phi) is 6.75. The van der Waals surface area contributed by atoms with Gasteiger partial charge in [-0.1, -0.05) is 0 Å². The van der Waals surface area contributed by atoms with E-state index < -0.39 is 0 Å². The van der Waals surface area contributed by atoms with Crippen LogP contribution in [0.5, 0.6) is 28.7 Å². The second-order valence-electron chi connectivity index (χ2n) is 7.22. The monoisotopic (exact) mass is 401 g/mol. The first kappa shape index (κ1) is 21.1. The zero-order valence-corrected chi connectivity index (χ0v) is 18.2. The maximum Gasteiger partial charge on any atom is 0.203 e. The molecule has 1 heterocycles. The van der Waals surface area contributed by atoms with E-state index in [1.54, 1.807) is 35.5 Å². The molecule has 1 aliphatic heterocycles. The Morgan fingerprint density at radius 2 is 1.38 bits per heavy atom. The molecule has 0 radical (unpaired) electrons. The molecule has 0 bridgehead atoms. The van der Waals surface area contributed by atoms with Crippen LogP contribution in [-0.2, 0) is 12.8 Å². The zero-order valence-electron chi connectivity index (χ0n) is 18.2. The number of benzene rings is 2. The van der Waals surface area contributed by atoms with E-state index in [4.69, 9.17) is 23.7 Å². The van der Waals surface area contributed by atoms with Crippen LogP contribution < -0.4 is 23.7 Å². The van der Waals surface area contributed by atoms with Crippen molar-refractivity contribution in [2.24, 2.45) is 0 Å². The summed E-state index contributed by atoms with van der Waals surface area (Å²) in [5, 5.41) is 0. The third kappa shape index (κ3) is 4.22. The van der Waals surface area contributed by atoms with E-state index in [9.17, 15) is 0 Å². The van der Waals surface area contributed by atoms with Crippen molar-refractivity contribution in [2.75, 3.05) is 49.1 Å². The molecule has 2 aromatic carbocycles. The Morgan fingerprint density at radius 3 is 1.93 bits per heavy atom. The smallest absolute Gasteiger partial charge is 0.203 e. The van der Waals surface area contributed by atoms with Gasteiger partial charge in [0.1, 0.15) is 0 Å². The molecule has 0 aliphatic carbocycles. The van der Waals surface area contributed by atoms with E-state index in [1.807, 2.05) is 12.1 Å². The Balaban J connectivity index is 1.88. The van der Waals surface area contributed by atoms with Gasteiger partial charge >= 0.3 is 0 Å². The van der Waals surface area contributed by atoms with Crippen molar-refractivity contribution >= 4 is 0 Å². The van der Waals surface area contributed by atoms with Gasteiger partial charge < -0.3 is 23.7 Å². The topological polar surface area (TPSA) is 49.4 Å². The van der Waals surface area contributed by atoms with Crippen LogP contribution in [0.3, 0.4) is 0 Å². The standard InChI is InChI=1S/C23H31NO5/c1-24-10-9-16-13-19(25-2)20(26-3)14-17(16)18(24)8-7-15-11-21(27-4)23(29-6)22(12-15)28-5/h11-14,18H,7-10H2,1-6H3/t18-/m0/s1. The SMILES string of the molecule is COc1cc2c(cc1OC)[C@H](CCc1cc(OC)c(OC)c(OC)c1)N(C)CC2. The summed E-state index contributed by atoms with van der Waals surface area (Å²) in [6.07, 6.45) is 2.87. The van der Waals surface area contributed by atoms with Crippen LogP contribution in [0.4, 0.5) is 0 Å². The summed E-state index contributed by atoms with van der Waals surface area (Å²) in [5.74, 6) is 3.56. The van der Waals surface area contributed by atoms with Crippen LogP contribution >= 0.6 is 0 Å². The fourth-order valence-electron chi connectivity index (χ4n) is 4.11. The minimum absolute atomic E-state index is 0.303. The van der Waals surface area contributed by atoms with Crippen molar-refractivity contribution in [1.29, 1.82) is 0 Å². The summed E-state index contributed by atoms with van der Waals surface area (Å²) < 4.78 is 27.5. The summed E-state index contributed by atoms with van der Waals surface area (Å²) in [4.78, 5) is 2.41. The molecule has 0 amide bonds.